The molecule has 0 amide bonds. The standard InChI is InChI=1S/C22H16N2/c1-2-6-18(7-3-1)19-12-10-17(11-13-19)15-23-21-14-20-8-4-5-9-22(20)24-16-21/h1-16H. The molecule has 0 aliphatic rings. The van der Waals surface area contributed by atoms with Gasteiger partial charge in [0.15, 0.2) is 0 Å². The first-order valence-corrected chi connectivity index (χ1v) is 7.93. The highest BCUT2D eigenvalue weighted by Crippen LogP contribution is 2.20. The van der Waals surface area contributed by atoms with Gasteiger partial charge in [-0.15, -0.1) is 0 Å². The third-order valence-corrected chi connectivity index (χ3v) is 3.96. The van der Waals surface area contributed by atoms with Crippen molar-refractivity contribution in [2.75, 3.05) is 0 Å². The van der Waals surface area contributed by atoms with E-state index in [-0.39, 0.29) is 0 Å². The van der Waals surface area contributed by atoms with Crippen molar-refractivity contribution in [3.05, 3.63) is 96.7 Å². The molecule has 0 saturated carbocycles. The van der Waals surface area contributed by atoms with Gasteiger partial charge < -0.3 is 0 Å². The summed E-state index contributed by atoms with van der Waals surface area (Å²) in [6.45, 7) is 0. The van der Waals surface area contributed by atoms with Crippen molar-refractivity contribution in [3.8, 4) is 11.1 Å². The number of rotatable bonds is 3. The van der Waals surface area contributed by atoms with Gasteiger partial charge in [-0.25, -0.2) is 0 Å². The van der Waals surface area contributed by atoms with Crippen LogP contribution in [-0.4, -0.2) is 11.2 Å². The van der Waals surface area contributed by atoms with E-state index >= 15 is 0 Å². The number of pyridine rings is 1. The highest BCUT2D eigenvalue weighted by Gasteiger charge is 1.97. The average Bonchev–Trinajstić information content (AvgIpc) is 2.67. The fraction of sp³-hybridized carbons (Fsp3) is 0. The van der Waals surface area contributed by atoms with Crippen LogP contribution >= 0.6 is 0 Å². The lowest BCUT2D eigenvalue weighted by molar-refractivity contribution is 1.38. The summed E-state index contributed by atoms with van der Waals surface area (Å²) in [5, 5.41) is 1.10. The van der Waals surface area contributed by atoms with Crippen LogP contribution in [0, 0.1) is 0 Å². The Morgan fingerprint density at radius 1 is 0.708 bits per heavy atom. The number of fused-ring (bicyclic) bond motifs is 1. The Morgan fingerprint density at radius 2 is 1.42 bits per heavy atom. The van der Waals surface area contributed by atoms with Crippen molar-refractivity contribution in [1.82, 2.24) is 4.98 Å². The Labute approximate surface area is 141 Å². The van der Waals surface area contributed by atoms with Crippen molar-refractivity contribution in [3.63, 3.8) is 0 Å². The smallest absolute Gasteiger partial charge is 0.0819 e. The third kappa shape index (κ3) is 3.08. The van der Waals surface area contributed by atoms with Gasteiger partial charge >= 0.3 is 0 Å². The molecule has 0 N–H and O–H groups in total. The maximum Gasteiger partial charge on any atom is 0.0819 e. The molecule has 2 heteroatoms. The average molecular weight is 308 g/mol. The van der Waals surface area contributed by atoms with Crippen LogP contribution in [-0.2, 0) is 0 Å². The Morgan fingerprint density at radius 3 is 2.25 bits per heavy atom. The van der Waals surface area contributed by atoms with E-state index in [0.29, 0.717) is 0 Å². The van der Waals surface area contributed by atoms with Crippen LogP contribution < -0.4 is 0 Å². The van der Waals surface area contributed by atoms with E-state index in [1.54, 1.807) is 6.20 Å². The van der Waals surface area contributed by atoms with E-state index in [1.807, 2.05) is 30.5 Å². The zero-order chi connectivity index (χ0) is 16.2. The minimum absolute atomic E-state index is 0.862. The highest BCUT2D eigenvalue weighted by molar-refractivity contribution is 5.85. The Kier molecular flexibility index (Phi) is 3.86. The lowest BCUT2D eigenvalue weighted by Crippen LogP contribution is -1.83. The number of hydrogen-bond acceptors (Lipinski definition) is 2. The summed E-state index contributed by atoms with van der Waals surface area (Å²) >= 11 is 0. The molecule has 0 fully saturated rings. The molecule has 0 aliphatic heterocycles. The van der Waals surface area contributed by atoms with Gasteiger partial charge in [-0.1, -0.05) is 72.8 Å². The van der Waals surface area contributed by atoms with E-state index in [2.05, 4.69) is 70.6 Å². The second-order valence-electron chi connectivity index (χ2n) is 5.63. The van der Waals surface area contributed by atoms with Gasteiger partial charge in [-0.05, 0) is 28.8 Å². The number of benzene rings is 3. The molecule has 0 bridgehead atoms. The lowest BCUT2D eigenvalue weighted by Gasteiger charge is -2.02. The summed E-state index contributed by atoms with van der Waals surface area (Å²) in [6.07, 6.45) is 3.68. The van der Waals surface area contributed by atoms with Crippen LogP contribution in [0.5, 0.6) is 0 Å². The molecule has 3 aromatic carbocycles. The van der Waals surface area contributed by atoms with Gasteiger partial charge in [-0.3, -0.25) is 9.98 Å². The van der Waals surface area contributed by atoms with E-state index in [0.717, 1.165) is 22.2 Å². The fourth-order valence-corrected chi connectivity index (χ4v) is 2.67. The molecule has 4 rings (SSSR count). The maximum atomic E-state index is 4.54. The molecule has 4 aromatic rings. The minimum atomic E-state index is 0.862. The number of aromatic nitrogens is 1. The normalized spacial score (nSPS) is 11.2. The minimum Gasteiger partial charge on any atom is -0.255 e. The van der Waals surface area contributed by atoms with Crippen molar-refractivity contribution in [1.29, 1.82) is 0 Å². The van der Waals surface area contributed by atoms with E-state index in [4.69, 9.17) is 0 Å². The Bertz CT molecular complexity index is 987. The quantitative estimate of drug-likeness (QED) is 0.449. The van der Waals surface area contributed by atoms with E-state index in [1.165, 1.54) is 11.1 Å². The first kappa shape index (κ1) is 14.3. The van der Waals surface area contributed by atoms with Crippen LogP contribution in [0.25, 0.3) is 22.0 Å². The molecule has 1 aromatic heterocycles. The van der Waals surface area contributed by atoms with Crippen LogP contribution in [0.1, 0.15) is 5.56 Å². The first-order chi connectivity index (χ1) is 11.9. The maximum absolute atomic E-state index is 4.54. The second kappa shape index (κ2) is 6.47. The molecule has 0 atom stereocenters. The molecule has 2 nitrogen and oxygen atoms in total. The molecule has 0 aliphatic carbocycles. The number of nitrogens with zero attached hydrogens (tertiary/aromatic N) is 2. The zero-order valence-corrected chi connectivity index (χ0v) is 13.1. The molecule has 0 spiro atoms. The summed E-state index contributed by atoms with van der Waals surface area (Å²) in [7, 11) is 0. The van der Waals surface area contributed by atoms with Gasteiger partial charge in [0.05, 0.1) is 17.4 Å². The Hall–Kier alpha value is -3.26. The topological polar surface area (TPSA) is 25.2 Å². The summed E-state index contributed by atoms with van der Waals surface area (Å²) in [5.74, 6) is 0. The van der Waals surface area contributed by atoms with Gasteiger partial charge in [-0.2, -0.15) is 0 Å². The monoisotopic (exact) mass is 308 g/mol. The fourth-order valence-electron chi connectivity index (χ4n) is 2.67. The molecular formula is C22H16N2. The number of hydrogen-bond donors (Lipinski definition) is 0. The van der Waals surface area contributed by atoms with Crippen molar-refractivity contribution in [2.24, 2.45) is 4.99 Å². The third-order valence-electron chi connectivity index (χ3n) is 3.96. The first-order valence-electron chi connectivity index (χ1n) is 7.93. The second-order valence-corrected chi connectivity index (χ2v) is 5.63. The Balaban J connectivity index is 1.56. The largest absolute Gasteiger partial charge is 0.255 e. The van der Waals surface area contributed by atoms with Crippen LogP contribution in [0.4, 0.5) is 5.69 Å². The zero-order valence-electron chi connectivity index (χ0n) is 13.1. The predicted molar refractivity (Wildman–Crippen MR) is 101 cm³/mol. The predicted octanol–water partition coefficient (Wildman–Crippen LogP) is 5.65. The van der Waals surface area contributed by atoms with Crippen molar-refractivity contribution < 1.29 is 0 Å². The number of para-hydroxylation sites is 1. The van der Waals surface area contributed by atoms with Gasteiger partial charge in [0.25, 0.3) is 0 Å². The summed E-state index contributed by atoms with van der Waals surface area (Å²) in [4.78, 5) is 8.97. The van der Waals surface area contributed by atoms with Crippen LogP contribution in [0.3, 0.4) is 0 Å². The molecule has 1 heterocycles. The summed E-state index contributed by atoms with van der Waals surface area (Å²) in [6, 6.07) is 28.9. The highest BCUT2D eigenvalue weighted by atomic mass is 14.8. The van der Waals surface area contributed by atoms with Crippen molar-refractivity contribution >= 4 is 22.8 Å². The molecular weight excluding hydrogens is 292 g/mol. The van der Waals surface area contributed by atoms with E-state index in [9.17, 15) is 0 Å². The SMILES string of the molecule is C(=Nc1cnc2ccccc2c1)c1ccc(-c2ccccc2)cc1. The summed E-state index contributed by atoms with van der Waals surface area (Å²) < 4.78 is 0. The molecule has 114 valence electrons. The van der Waals surface area contributed by atoms with Gasteiger partial charge in [0.2, 0.25) is 0 Å². The van der Waals surface area contributed by atoms with Gasteiger partial charge in [0, 0.05) is 11.6 Å². The molecule has 0 unspecified atom stereocenters. The lowest BCUT2D eigenvalue weighted by atomic mass is 10.0. The number of aliphatic imine (C=N–C) groups is 1. The molecule has 0 radical (unpaired) electrons. The van der Waals surface area contributed by atoms with Crippen molar-refractivity contribution in [2.45, 2.75) is 0 Å². The van der Waals surface area contributed by atoms with Crippen LogP contribution in [0.15, 0.2) is 96.1 Å². The van der Waals surface area contributed by atoms with Gasteiger partial charge in [0.1, 0.15) is 0 Å². The molecule has 0 saturated heterocycles. The molecule has 24 heavy (non-hydrogen) atoms. The summed E-state index contributed by atoms with van der Waals surface area (Å²) in [5.41, 5.74) is 5.35. The van der Waals surface area contributed by atoms with Crippen LogP contribution in [0.2, 0.25) is 0 Å². The van der Waals surface area contributed by atoms with E-state index < -0.39 is 0 Å².